The third-order valence-electron chi connectivity index (χ3n) is 2.19. The maximum atomic E-state index is 12.9. The molecule has 0 N–H and O–H groups in total. The second-order valence-corrected chi connectivity index (χ2v) is 3.25. The lowest BCUT2D eigenvalue weighted by Crippen LogP contribution is -1.78. The second kappa shape index (κ2) is 3.62. The Labute approximate surface area is 82.7 Å². The summed E-state index contributed by atoms with van der Waals surface area (Å²) in [5.74, 6) is -0.185. The molecule has 2 aromatic carbocycles. The molecule has 0 saturated heterocycles. The first-order chi connectivity index (χ1) is 6.79. The van der Waals surface area contributed by atoms with Crippen LogP contribution in [0.2, 0.25) is 0 Å². The molecule has 0 fully saturated rings. The van der Waals surface area contributed by atoms with E-state index in [1.165, 1.54) is 6.07 Å². The van der Waals surface area contributed by atoms with Crippen LogP contribution in [0, 0.1) is 5.82 Å². The summed E-state index contributed by atoms with van der Waals surface area (Å²) in [6.45, 7) is 1.97. The van der Waals surface area contributed by atoms with Crippen molar-refractivity contribution in [3.05, 3.63) is 53.9 Å². The monoisotopic (exact) mass is 186 g/mol. The van der Waals surface area contributed by atoms with Gasteiger partial charge in [-0.3, -0.25) is 0 Å². The molecule has 0 unspecified atom stereocenters. The fourth-order valence-electron chi connectivity index (χ4n) is 1.53. The van der Waals surface area contributed by atoms with E-state index in [1.54, 1.807) is 12.1 Å². The van der Waals surface area contributed by atoms with Crippen LogP contribution in [-0.4, -0.2) is 0 Å². The van der Waals surface area contributed by atoms with E-state index in [9.17, 15) is 4.39 Å². The summed E-state index contributed by atoms with van der Waals surface area (Å²) < 4.78 is 12.9. The van der Waals surface area contributed by atoms with Crippen LogP contribution in [0.3, 0.4) is 0 Å². The fraction of sp³-hybridized carbons (Fsp3) is 0.0769. The first kappa shape index (κ1) is 8.95. The minimum Gasteiger partial charge on any atom is -0.207 e. The van der Waals surface area contributed by atoms with Gasteiger partial charge in [-0.15, -0.1) is 0 Å². The van der Waals surface area contributed by atoms with Crippen molar-refractivity contribution >= 4 is 16.8 Å². The average molecular weight is 186 g/mol. The quantitative estimate of drug-likeness (QED) is 0.631. The predicted molar refractivity (Wildman–Crippen MR) is 58.6 cm³/mol. The highest BCUT2D eigenvalue weighted by Crippen LogP contribution is 2.18. The molecule has 1 heteroatoms. The molecule has 2 rings (SSSR count). The topological polar surface area (TPSA) is 0 Å². The van der Waals surface area contributed by atoms with Gasteiger partial charge in [-0.2, -0.15) is 0 Å². The highest BCUT2D eigenvalue weighted by molar-refractivity contribution is 5.84. The molecule has 70 valence electrons. The molecular formula is C13H11F. The lowest BCUT2D eigenvalue weighted by Gasteiger charge is -1.99. The molecule has 0 aliphatic carbocycles. The van der Waals surface area contributed by atoms with Gasteiger partial charge in [0.25, 0.3) is 0 Å². The molecule has 0 spiro atoms. The number of halogens is 1. The first-order valence-corrected chi connectivity index (χ1v) is 4.61. The largest absolute Gasteiger partial charge is 0.207 e. The van der Waals surface area contributed by atoms with Crippen molar-refractivity contribution in [3.63, 3.8) is 0 Å². The van der Waals surface area contributed by atoms with Crippen LogP contribution in [0.15, 0.2) is 42.5 Å². The van der Waals surface area contributed by atoms with Crippen molar-refractivity contribution in [2.75, 3.05) is 0 Å². The molecule has 14 heavy (non-hydrogen) atoms. The normalized spacial score (nSPS) is 11.3. The van der Waals surface area contributed by atoms with E-state index in [0.717, 1.165) is 16.3 Å². The van der Waals surface area contributed by atoms with Crippen molar-refractivity contribution in [1.29, 1.82) is 0 Å². The zero-order valence-electron chi connectivity index (χ0n) is 8.00. The van der Waals surface area contributed by atoms with Gasteiger partial charge in [-0.05, 0) is 41.5 Å². The van der Waals surface area contributed by atoms with Crippen LogP contribution >= 0.6 is 0 Å². The molecular weight excluding hydrogens is 175 g/mol. The van der Waals surface area contributed by atoms with Crippen molar-refractivity contribution in [3.8, 4) is 0 Å². The van der Waals surface area contributed by atoms with Crippen LogP contribution in [0.4, 0.5) is 4.39 Å². The zero-order valence-corrected chi connectivity index (χ0v) is 8.00. The number of allylic oxidation sites excluding steroid dienone is 1. The average Bonchev–Trinajstić information content (AvgIpc) is 2.17. The highest BCUT2D eigenvalue weighted by Gasteiger charge is 1.95. The van der Waals surface area contributed by atoms with Gasteiger partial charge >= 0.3 is 0 Å². The van der Waals surface area contributed by atoms with E-state index < -0.39 is 0 Å². The number of hydrogen-bond acceptors (Lipinski definition) is 0. The van der Waals surface area contributed by atoms with Crippen LogP contribution in [0.25, 0.3) is 16.8 Å². The first-order valence-electron chi connectivity index (χ1n) is 4.61. The Morgan fingerprint density at radius 2 is 1.79 bits per heavy atom. The Morgan fingerprint density at radius 1 is 1.00 bits per heavy atom. The van der Waals surface area contributed by atoms with Gasteiger partial charge in [0.15, 0.2) is 0 Å². The Bertz CT molecular complexity index is 484. The molecule has 0 atom stereocenters. The Morgan fingerprint density at radius 3 is 2.57 bits per heavy atom. The third kappa shape index (κ3) is 1.67. The summed E-state index contributed by atoms with van der Waals surface area (Å²) in [7, 11) is 0. The van der Waals surface area contributed by atoms with Crippen molar-refractivity contribution < 1.29 is 4.39 Å². The van der Waals surface area contributed by atoms with Gasteiger partial charge in [-0.25, -0.2) is 4.39 Å². The lowest BCUT2D eigenvalue weighted by atomic mass is 10.1. The van der Waals surface area contributed by atoms with Gasteiger partial charge in [0.1, 0.15) is 5.82 Å². The van der Waals surface area contributed by atoms with Gasteiger partial charge in [0.05, 0.1) is 0 Å². The van der Waals surface area contributed by atoms with Crippen LogP contribution < -0.4 is 0 Å². The highest BCUT2D eigenvalue weighted by atomic mass is 19.1. The van der Waals surface area contributed by atoms with Crippen molar-refractivity contribution in [2.45, 2.75) is 6.92 Å². The van der Waals surface area contributed by atoms with Gasteiger partial charge < -0.3 is 0 Å². The molecule has 2 aromatic rings. The van der Waals surface area contributed by atoms with Crippen molar-refractivity contribution in [2.24, 2.45) is 0 Å². The molecule has 0 aromatic heterocycles. The maximum Gasteiger partial charge on any atom is 0.123 e. The number of hydrogen-bond donors (Lipinski definition) is 0. The van der Waals surface area contributed by atoms with Crippen molar-refractivity contribution in [1.82, 2.24) is 0 Å². The molecule has 0 bridgehead atoms. The number of fused-ring (bicyclic) bond motifs is 1. The van der Waals surface area contributed by atoms with E-state index in [2.05, 4.69) is 0 Å². The van der Waals surface area contributed by atoms with Crippen LogP contribution in [0.1, 0.15) is 12.5 Å². The van der Waals surface area contributed by atoms with E-state index in [4.69, 9.17) is 0 Å². The summed E-state index contributed by atoms with van der Waals surface area (Å²) in [4.78, 5) is 0. The standard InChI is InChI=1S/C13H11F/c1-2-3-10-4-5-11-6-7-13(14)9-12(11)8-10/h2-9H,1H3/b3-2+. The van der Waals surface area contributed by atoms with E-state index >= 15 is 0 Å². The van der Waals surface area contributed by atoms with Crippen LogP contribution in [-0.2, 0) is 0 Å². The minimum absolute atomic E-state index is 0.185. The fourth-order valence-corrected chi connectivity index (χ4v) is 1.53. The summed E-state index contributed by atoms with van der Waals surface area (Å²) in [5, 5.41) is 2.01. The SMILES string of the molecule is C/C=C/c1ccc2ccc(F)cc2c1. The van der Waals surface area contributed by atoms with E-state index in [-0.39, 0.29) is 5.82 Å². The molecule has 0 nitrogen and oxygen atoms in total. The minimum atomic E-state index is -0.185. The Balaban J connectivity index is 2.63. The number of rotatable bonds is 1. The van der Waals surface area contributed by atoms with E-state index in [1.807, 2.05) is 37.3 Å². The molecule has 0 aliphatic heterocycles. The molecule has 0 radical (unpaired) electrons. The molecule has 0 heterocycles. The molecule has 0 amide bonds. The molecule has 0 aliphatic rings. The zero-order chi connectivity index (χ0) is 9.97. The summed E-state index contributed by atoms with van der Waals surface area (Å²) in [6, 6.07) is 10.9. The molecule has 0 saturated carbocycles. The Kier molecular flexibility index (Phi) is 2.32. The maximum absolute atomic E-state index is 12.9. The summed E-state index contributed by atoms with van der Waals surface area (Å²) in [6.07, 6.45) is 3.98. The Hall–Kier alpha value is -1.63. The lowest BCUT2D eigenvalue weighted by molar-refractivity contribution is 0.630. The van der Waals surface area contributed by atoms with E-state index in [0.29, 0.717) is 0 Å². The van der Waals surface area contributed by atoms with Gasteiger partial charge in [0.2, 0.25) is 0 Å². The van der Waals surface area contributed by atoms with Gasteiger partial charge in [0, 0.05) is 0 Å². The second-order valence-electron chi connectivity index (χ2n) is 3.25. The smallest absolute Gasteiger partial charge is 0.123 e. The number of benzene rings is 2. The van der Waals surface area contributed by atoms with Crippen LogP contribution in [0.5, 0.6) is 0 Å². The third-order valence-corrected chi connectivity index (χ3v) is 2.19. The predicted octanol–water partition coefficient (Wildman–Crippen LogP) is 4.01. The van der Waals surface area contributed by atoms with Gasteiger partial charge in [-0.1, -0.05) is 30.4 Å². The summed E-state index contributed by atoms with van der Waals surface area (Å²) in [5.41, 5.74) is 1.10. The summed E-state index contributed by atoms with van der Waals surface area (Å²) >= 11 is 0.